The number of amidine groups is 1. The summed E-state index contributed by atoms with van der Waals surface area (Å²) in [5.41, 5.74) is 8.85. The summed E-state index contributed by atoms with van der Waals surface area (Å²) in [6.45, 7) is 7.09. The minimum absolute atomic E-state index is 0.857. The largest absolute Gasteiger partial charge is 0.344 e. The first-order valence-corrected chi connectivity index (χ1v) is 13.9. The van der Waals surface area contributed by atoms with Crippen LogP contribution in [0, 0.1) is 5.92 Å². The molecule has 1 saturated carbocycles. The van der Waals surface area contributed by atoms with E-state index in [0.717, 1.165) is 37.1 Å². The van der Waals surface area contributed by atoms with E-state index in [4.69, 9.17) is 0 Å². The Balaban J connectivity index is 1.31. The quantitative estimate of drug-likeness (QED) is 0.425. The molecule has 0 spiro atoms. The molecule has 0 amide bonds. The highest BCUT2D eigenvalue weighted by Gasteiger charge is 2.26. The van der Waals surface area contributed by atoms with Crippen LogP contribution in [-0.2, 0) is 0 Å². The van der Waals surface area contributed by atoms with Crippen LogP contribution in [0.25, 0.3) is 0 Å². The lowest BCUT2D eigenvalue weighted by Gasteiger charge is -2.38. The molecule has 0 aromatic carbocycles. The number of nitrogens with zero attached hydrogens (tertiary/aromatic N) is 2. The number of hydrogen-bond acceptors (Lipinski definition) is 3. The Hall–Kier alpha value is -2.09. The number of rotatable bonds is 5. The van der Waals surface area contributed by atoms with Crippen molar-refractivity contribution < 1.29 is 0 Å². The molecule has 0 aromatic rings. The van der Waals surface area contributed by atoms with Gasteiger partial charge in [0.2, 0.25) is 0 Å². The molecule has 4 rings (SSSR count). The SMILES string of the molecule is CC1=CCC=CN=C1N/C1=C/C(C)=C(/C=C=CCC2CCC(N3CCCCC3)CC2)CCCC1. The molecule has 1 N–H and O–H groups in total. The van der Waals surface area contributed by atoms with Crippen molar-refractivity contribution in [3.63, 3.8) is 0 Å². The van der Waals surface area contributed by atoms with E-state index in [-0.39, 0.29) is 0 Å². The lowest BCUT2D eigenvalue weighted by Crippen LogP contribution is -2.41. The van der Waals surface area contributed by atoms with Gasteiger partial charge in [-0.25, -0.2) is 4.99 Å². The highest BCUT2D eigenvalue weighted by Crippen LogP contribution is 2.31. The standard InChI is InChI=1S/C31H45N3/c1-25-12-8-9-21-32-31(25)33-29-16-7-6-15-28(26(2)24-29)14-5-4-13-27-17-19-30(20-18-27)34-22-10-3-11-23-34/h4,9,12,14,21,24,27,30H,3,6-8,10-11,13,15-20,22-23H2,1-2H3,(H,32,33)/b28-26-,29-24+. The van der Waals surface area contributed by atoms with Crippen LogP contribution in [0.2, 0.25) is 0 Å². The smallest absolute Gasteiger partial charge is 0.132 e. The van der Waals surface area contributed by atoms with Crippen molar-refractivity contribution in [2.45, 2.75) is 103 Å². The minimum Gasteiger partial charge on any atom is -0.344 e. The van der Waals surface area contributed by atoms with Gasteiger partial charge < -0.3 is 10.2 Å². The molecule has 2 fully saturated rings. The molecule has 0 aromatic heterocycles. The van der Waals surface area contributed by atoms with Crippen molar-refractivity contribution in [2.75, 3.05) is 13.1 Å². The maximum Gasteiger partial charge on any atom is 0.132 e. The third-order valence-corrected chi connectivity index (χ3v) is 8.11. The molecule has 2 aliphatic carbocycles. The maximum atomic E-state index is 4.60. The van der Waals surface area contributed by atoms with Crippen LogP contribution in [0.4, 0.5) is 0 Å². The summed E-state index contributed by atoms with van der Waals surface area (Å²) in [6, 6.07) is 0.868. The molecule has 0 atom stereocenters. The van der Waals surface area contributed by atoms with E-state index in [2.05, 4.69) is 65.2 Å². The third-order valence-electron chi connectivity index (χ3n) is 8.11. The van der Waals surface area contributed by atoms with Crippen molar-refractivity contribution in [3.05, 3.63) is 64.7 Å². The second-order valence-corrected chi connectivity index (χ2v) is 10.7. The Morgan fingerprint density at radius 1 is 1.03 bits per heavy atom. The third kappa shape index (κ3) is 7.45. The Kier molecular flexibility index (Phi) is 9.65. The summed E-state index contributed by atoms with van der Waals surface area (Å²) in [5, 5.41) is 3.62. The van der Waals surface area contributed by atoms with Gasteiger partial charge in [-0.05, 0) is 145 Å². The molecular formula is C31H45N3. The predicted octanol–water partition coefficient (Wildman–Crippen LogP) is 7.76. The van der Waals surface area contributed by atoms with Gasteiger partial charge in [0.05, 0.1) is 0 Å². The van der Waals surface area contributed by atoms with Crippen molar-refractivity contribution in [1.29, 1.82) is 0 Å². The van der Waals surface area contributed by atoms with Crippen molar-refractivity contribution >= 4 is 5.84 Å². The highest BCUT2D eigenvalue weighted by molar-refractivity contribution is 5.99. The zero-order chi connectivity index (χ0) is 23.6. The Morgan fingerprint density at radius 2 is 1.82 bits per heavy atom. The van der Waals surface area contributed by atoms with Gasteiger partial charge in [-0.1, -0.05) is 18.6 Å². The molecule has 2 aliphatic heterocycles. The monoisotopic (exact) mass is 459 g/mol. The molecule has 2 heterocycles. The number of aliphatic imine (C=N–C) groups is 1. The molecule has 1 saturated heterocycles. The normalized spacial score (nSPS) is 30.5. The van der Waals surface area contributed by atoms with Crippen LogP contribution in [-0.4, -0.2) is 29.9 Å². The van der Waals surface area contributed by atoms with Crippen LogP contribution in [0.5, 0.6) is 0 Å². The zero-order valence-corrected chi connectivity index (χ0v) is 21.6. The fourth-order valence-corrected chi connectivity index (χ4v) is 5.88. The lowest BCUT2D eigenvalue weighted by molar-refractivity contribution is 0.115. The molecule has 0 bridgehead atoms. The van der Waals surface area contributed by atoms with Crippen LogP contribution in [0.3, 0.4) is 0 Å². The topological polar surface area (TPSA) is 27.6 Å². The van der Waals surface area contributed by atoms with E-state index in [0.29, 0.717) is 0 Å². The highest BCUT2D eigenvalue weighted by atomic mass is 15.2. The minimum atomic E-state index is 0.857. The van der Waals surface area contributed by atoms with E-state index < -0.39 is 0 Å². The first-order valence-electron chi connectivity index (χ1n) is 13.9. The Bertz CT molecular complexity index is 893. The van der Waals surface area contributed by atoms with E-state index in [1.54, 1.807) is 0 Å². The van der Waals surface area contributed by atoms with Crippen LogP contribution in [0.15, 0.2) is 69.7 Å². The lowest BCUT2D eigenvalue weighted by atomic mass is 9.83. The molecule has 4 aliphatic rings. The second kappa shape index (κ2) is 13.1. The molecule has 34 heavy (non-hydrogen) atoms. The summed E-state index contributed by atoms with van der Waals surface area (Å²) in [4.78, 5) is 7.39. The first kappa shape index (κ1) is 25.0. The Labute approximate surface area is 208 Å². The summed E-state index contributed by atoms with van der Waals surface area (Å²) < 4.78 is 0. The van der Waals surface area contributed by atoms with Gasteiger partial charge in [-0.15, -0.1) is 5.73 Å². The molecule has 3 nitrogen and oxygen atoms in total. The summed E-state index contributed by atoms with van der Waals surface area (Å²) in [7, 11) is 0. The average molecular weight is 460 g/mol. The van der Waals surface area contributed by atoms with Crippen LogP contribution in [0.1, 0.15) is 97.3 Å². The van der Waals surface area contributed by atoms with Crippen molar-refractivity contribution in [2.24, 2.45) is 10.9 Å². The fraction of sp³-hybridized carbons (Fsp3) is 0.613. The van der Waals surface area contributed by atoms with E-state index >= 15 is 0 Å². The van der Waals surface area contributed by atoms with Crippen molar-refractivity contribution in [1.82, 2.24) is 10.2 Å². The average Bonchev–Trinajstić information content (AvgIpc) is 3.06. The van der Waals surface area contributed by atoms with Gasteiger partial charge in [-0.3, -0.25) is 0 Å². The van der Waals surface area contributed by atoms with Gasteiger partial charge >= 0.3 is 0 Å². The van der Waals surface area contributed by atoms with Crippen LogP contribution >= 0.6 is 0 Å². The number of likely N-dealkylation sites (tertiary alicyclic amines) is 1. The van der Waals surface area contributed by atoms with E-state index in [1.165, 1.54) is 99.7 Å². The van der Waals surface area contributed by atoms with Gasteiger partial charge in [0, 0.05) is 17.9 Å². The number of nitrogens with one attached hydrogen (secondary N) is 1. The molecular weight excluding hydrogens is 414 g/mol. The van der Waals surface area contributed by atoms with E-state index in [1.807, 2.05) is 6.20 Å². The van der Waals surface area contributed by atoms with E-state index in [9.17, 15) is 0 Å². The van der Waals surface area contributed by atoms with Gasteiger partial charge in [0.15, 0.2) is 0 Å². The molecule has 0 radical (unpaired) electrons. The summed E-state index contributed by atoms with van der Waals surface area (Å²) >= 11 is 0. The fourth-order valence-electron chi connectivity index (χ4n) is 5.88. The molecule has 3 heteroatoms. The number of allylic oxidation sites excluding steroid dienone is 7. The maximum absolute atomic E-state index is 4.60. The second-order valence-electron chi connectivity index (χ2n) is 10.7. The predicted molar refractivity (Wildman–Crippen MR) is 146 cm³/mol. The Morgan fingerprint density at radius 3 is 2.65 bits per heavy atom. The van der Waals surface area contributed by atoms with Crippen molar-refractivity contribution in [3.8, 4) is 0 Å². The molecule has 184 valence electrons. The van der Waals surface area contributed by atoms with Gasteiger partial charge in [0.1, 0.15) is 5.84 Å². The number of hydrogen-bond donors (Lipinski definition) is 1. The van der Waals surface area contributed by atoms with Gasteiger partial charge in [-0.2, -0.15) is 0 Å². The summed E-state index contributed by atoms with van der Waals surface area (Å²) in [5.74, 6) is 1.84. The van der Waals surface area contributed by atoms with Gasteiger partial charge in [0.25, 0.3) is 0 Å². The number of piperidine rings is 1. The first-order chi connectivity index (χ1) is 16.7. The summed E-state index contributed by atoms with van der Waals surface area (Å²) in [6.07, 6.45) is 29.9. The van der Waals surface area contributed by atoms with Crippen LogP contribution < -0.4 is 5.32 Å². The molecule has 0 unspecified atom stereocenters. The zero-order valence-electron chi connectivity index (χ0n) is 21.6.